The van der Waals surface area contributed by atoms with Crippen LogP contribution >= 0.6 is 0 Å². The topological polar surface area (TPSA) is 93.6 Å². The molecule has 1 amide bonds. The SMILES string of the molecule is CC(O)c1cn(Cc2ccc(C(=O)N3CCOC(c4ccccc4)C3)o2)nn1. The molecule has 8 heteroatoms. The van der Waals surface area contributed by atoms with Crippen LogP contribution in [0.5, 0.6) is 0 Å². The highest BCUT2D eigenvalue weighted by Gasteiger charge is 2.27. The van der Waals surface area contributed by atoms with Crippen molar-refractivity contribution in [2.24, 2.45) is 0 Å². The van der Waals surface area contributed by atoms with Crippen molar-refractivity contribution >= 4 is 5.91 Å². The van der Waals surface area contributed by atoms with Crippen LogP contribution in [-0.4, -0.2) is 50.6 Å². The summed E-state index contributed by atoms with van der Waals surface area (Å²) in [6.45, 7) is 3.46. The van der Waals surface area contributed by atoms with Crippen molar-refractivity contribution < 1.29 is 19.1 Å². The van der Waals surface area contributed by atoms with Crippen molar-refractivity contribution in [3.63, 3.8) is 0 Å². The molecule has 1 fully saturated rings. The van der Waals surface area contributed by atoms with Gasteiger partial charge in [0.25, 0.3) is 5.91 Å². The summed E-state index contributed by atoms with van der Waals surface area (Å²) in [5.74, 6) is 0.733. The van der Waals surface area contributed by atoms with Gasteiger partial charge in [0.1, 0.15) is 24.1 Å². The van der Waals surface area contributed by atoms with Gasteiger partial charge >= 0.3 is 0 Å². The van der Waals surface area contributed by atoms with Crippen LogP contribution in [0.4, 0.5) is 0 Å². The molecule has 4 rings (SSSR count). The summed E-state index contributed by atoms with van der Waals surface area (Å²) in [5, 5.41) is 17.4. The Hall–Kier alpha value is -2.97. The minimum atomic E-state index is -0.679. The van der Waals surface area contributed by atoms with E-state index in [0.717, 1.165) is 5.56 Å². The van der Waals surface area contributed by atoms with E-state index in [1.807, 2.05) is 30.3 Å². The Bertz CT molecular complexity index is 935. The Balaban J connectivity index is 1.42. The standard InChI is InChI=1S/C20H22N4O4/c1-14(25)17-12-24(22-21-17)11-16-7-8-18(28-16)20(26)23-9-10-27-19(13-23)15-5-3-2-4-6-15/h2-8,12,14,19,25H,9-11,13H2,1H3. The number of hydrogen-bond acceptors (Lipinski definition) is 6. The molecule has 1 saturated heterocycles. The van der Waals surface area contributed by atoms with Crippen LogP contribution in [-0.2, 0) is 11.3 Å². The van der Waals surface area contributed by atoms with E-state index < -0.39 is 6.10 Å². The molecule has 0 bridgehead atoms. The third kappa shape index (κ3) is 3.97. The molecule has 1 aromatic carbocycles. The molecule has 1 N–H and O–H groups in total. The summed E-state index contributed by atoms with van der Waals surface area (Å²) in [7, 11) is 0. The molecule has 8 nitrogen and oxygen atoms in total. The van der Waals surface area contributed by atoms with Crippen molar-refractivity contribution in [2.45, 2.75) is 25.7 Å². The number of aliphatic hydroxyl groups excluding tert-OH is 1. The van der Waals surface area contributed by atoms with Gasteiger partial charge in [-0.1, -0.05) is 35.5 Å². The highest BCUT2D eigenvalue weighted by Crippen LogP contribution is 2.23. The Morgan fingerprint density at radius 2 is 2.11 bits per heavy atom. The lowest BCUT2D eigenvalue weighted by molar-refractivity contribution is -0.0238. The molecule has 1 aliphatic rings. The molecule has 0 aliphatic carbocycles. The number of hydrogen-bond donors (Lipinski definition) is 1. The van der Waals surface area contributed by atoms with Gasteiger partial charge in [0.05, 0.1) is 25.5 Å². The second-order valence-electron chi connectivity index (χ2n) is 6.80. The molecule has 146 valence electrons. The number of amides is 1. The summed E-state index contributed by atoms with van der Waals surface area (Å²) < 4.78 is 13.1. The van der Waals surface area contributed by atoms with E-state index in [1.54, 1.807) is 34.8 Å². The normalized spacial score (nSPS) is 18.2. The second-order valence-corrected chi connectivity index (χ2v) is 6.80. The fourth-order valence-electron chi connectivity index (χ4n) is 3.18. The van der Waals surface area contributed by atoms with Gasteiger partial charge in [-0.25, -0.2) is 4.68 Å². The molecular formula is C20H22N4O4. The maximum atomic E-state index is 12.8. The van der Waals surface area contributed by atoms with Crippen LogP contribution in [0, 0.1) is 0 Å². The first kappa shape index (κ1) is 18.4. The third-order valence-corrected chi connectivity index (χ3v) is 4.70. The quantitative estimate of drug-likeness (QED) is 0.727. The molecule has 0 saturated carbocycles. The lowest BCUT2D eigenvalue weighted by Gasteiger charge is -2.32. The number of carbonyl (C=O) groups excluding carboxylic acids is 1. The van der Waals surface area contributed by atoms with Crippen molar-refractivity contribution in [2.75, 3.05) is 19.7 Å². The molecule has 1 aliphatic heterocycles. The monoisotopic (exact) mass is 382 g/mol. The van der Waals surface area contributed by atoms with Gasteiger partial charge in [-0.2, -0.15) is 0 Å². The summed E-state index contributed by atoms with van der Waals surface area (Å²) in [5.41, 5.74) is 1.54. The summed E-state index contributed by atoms with van der Waals surface area (Å²) in [4.78, 5) is 14.6. The number of ether oxygens (including phenoxy) is 1. The van der Waals surface area contributed by atoms with E-state index in [1.165, 1.54) is 0 Å². The van der Waals surface area contributed by atoms with E-state index >= 15 is 0 Å². The average molecular weight is 382 g/mol. The summed E-state index contributed by atoms with van der Waals surface area (Å²) >= 11 is 0. The number of benzene rings is 1. The number of rotatable bonds is 5. The van der Waals surface area contributed by atoms with Crippen molar-refractivity contribution in [1.82, 2.24) is 19.9 Å². The Morgan fingerprint density at radius 3 is 2.86 bits per heavy atom. The predicted molar refractivity (Wildman–Crippen MR) is 99.5 cm³/mol. The van der Waals surface area contributed by atoms with Crippen LogP contribution in [0.1, 0.15) is 46.7 Å². The van der Waals surface area contributed by atoms with Crippen molar-refractivity contribution in [1.29, 1.82) is 0 Å². The van der Waals surface area contributed by atoms with E-state index in [0.29, 0.717) is 43.5 Å². The first-order chi connectivity index (χ1) is 13.6. The Labute approximate surface area is 162 Å². The minimum absolute atomic E-state index is 0.137. The van der Waals surface area contributed by atoms with Crippen molar-refractivity contribution in [3.05, 3.63) is 71.4 Å². The number of aromatic nitrogens is 3. The number of morpholine rings is 1. The molecule has 0 spiro atoms. The Kier molecular flexibility index (Phi) is 5.23. The van der Waals surface area contributed by atoms with Gasteiger partial charge in [-0.3, -0.25) is 4.79 Å². The zero-order valence-electron chi connectivity index (χ0n) is 15.6. The van der Waals surface area contributed by atoms with Gasteiger partial charge in [0.2, 0.25) is 0 Å². The van der Waals surface area contributed by atoms with E-state index in [9.17, 15) is 9.90 Å². The summed E-state index contributed by atoms with van der Waals surface area (Å²) in [6.07, 6.45) is 0.838. The van der Waals surface area contributed by atoms with Gasteiger partial charge < -0.3 is 19.2 Å². The number of aliphatic hydroxyl groups is 1. The lowest BCUT2D eigenvalue weighted by Crippen LogP contribution is -2.42. The van der Waals surface area contributed by atoms with Gasteiger partial charge in [0.15, 0.2) is 5.76 Å². The highest BCUT2D eigenvalue weighted by molar-refractivity contribution is 5.91. The highest BCUT2D eigenvalue weighted by atomic mass is 16.5. The predicted octanol–water partition coefficient (Wildman–Crippen LogP) is 2.19. The zero-order valence-corrected chi connectivity index (χ0v) is 15.6. The fourth-order valence-corrected chi connectivity index (χ4v) is 3.18. The van der Waals surface area contributed by atoms with E-state index in [4.69, 9.17) is 9.15 Å². The third-order valence-electron chi connectivity index (χ3n) is 4.70. The van der Waals surface area contributed by atoms with Gasteiger partial charge in [-0.05, 0) is 24.6 Å². The smallest absolute Gasteiger partial charge is 0.289 e. The molecule has 3 aromatic rings. The van der Waals surface area contributed by atoms with Gasteiger partial charge in [0, 0.05) is 6.54 Å². The van der Waals surface area contributed by atoms with Crippen LogP contribution in [0.2, 0.25) is 0 Å². The zero-order chi connectivity index (χ0) is 19.5. The minimum Gasteiger partial charge on any atom is -0.454 e. The molecule has 2 aromatic heterocycles. The number of carbonyl (C=O) groups is 1. The average Bonchev–Trinajstić information content (AvgIpc) is 3.38. The first-order valence-corrected chi connectivity index (χ1v) is 9.23. The van der Waals surface area contributed by atoms with Crippen LogP contribution in [0.15, 0.2) is 53.1 Å². The van der Waals surface area contributed by atoms with Crippen LogP contribution in [0.25, 0.3) is 0 Å². The largest absolute Gasteiger partial charge is 0.454 e. The van der Waals surface area contributed by atoms with E-state index in [2.05, 4.69) is 10.3 Å². The number of nitrogens with zero attached hydrogens (tertiary/aromatic N) is 4. The molecular weight excluding hydrogens is 360 g/mol. The fraction of sp³-hybridized carbons (Fsp3) is 0.350. The lowest BCUT2D eigenvalue weighted by atomic mass is 10.1. The van der Waals surface area contributed by atoms with Gasteiger partial charge in [-0.15, -0.1) is 5.10 Å². The molecule has 3 heterocycles. The molecule has 2 unspecified atom stereocenters. The summed E-state index contributed by atoms with van der Waals surface area (Å²) in [6, 6.07) is 13.3. The van der Waals surface area contributed by atoms with Crippen molar-refractivity contribution in [3.8, 4) is 0 Å². The molecule has 28 heavy (non-hydrogen) atoms. The van der Waals surface area contributed by atoms with Crippen LogP contribution in [0.3, 0.4) is 0 Å². The number of furan rings is 1. The van der Waals surface area contributed by atoms with E-state index in [-0.39, 0.29) is 12.0 Å². The maximum absolute atomic E-state index is 12.8. The van der Waals surface area contributed by atoms with Crippen LogP contribution < -0.4 is 0 Å². The molecule has 0 radical (unpaired) electrons. The maximum Gasteiger partial charge on any atom is 0.289 e. The first-order valence-electron chi connectivity index (χ1n) is 9.23. The Morgan fingerprint density at radius 1 is 1.29 bits per heavy atom. The molecule has 2 atom stereocenters. The second kappa shape index (κ2) is 7.95.